The fourth-order valence-electron chi connectivity index (χ4n) is 9.57. The molecule has 12 atom stereocenters. The molecule has 0 aromatic rings. The SMILES string of the molecule is C[C@]12CCC3C(C1C1C[C@@H]1[C@@]2(O)C#CCO)[C@H]1C[C@H]1[C@]1(O)C[C@@H](O)CC[C@]31C. The first-order valence-electron chi connectivity index (χ1n) is 11.4. The molecule has 0 aromatic heterocycles. The zero-order chi connectivity index (χ0) is 19.7. The summed E-state index contributed by atoms with van der Waals surface area (Å²) in [6.07, 6.45) is 6.06. The molecular formula is C24H34O4. The van der Waals surface area contributed by atoms with E-state index in [-0.39, 0.29) is 29.5 Å². The zero-order valence-electron chi connectivity index (χ0n) is 17.1. The first-order valence-corrected chi connectivity index (χ1v) is 11.4. The van der Waals surface area contributed by atoms with Crippen LogP contribution >= 0.6 is 0 Å². The molecule has 0 radical (unpaired) electrons. The van der Waals surface area contributed by atoms with E-state index in [1.165, 1.54) is 0 Å². The third kappa shape index (κ3) is 1.81. The minimum absolute atomic E-state index is 0.113. The highest BCUT2D eigenvalue weighted by Gasteiger charge is 2.81. The lowest BCUT2D eigenvalue weighted by atomic mass is 9.42. The van der Waals surface area contributed by atoms with Gasteiger partial charge < -0.3 is 20.4 Å². The molecule has 6 rings (SSSR count). The van der Waals surface area contributed by atoms with E-state index >= 15 is 0 Å². The number of hydrogen-bond acceptors (Lipinski definition) is 4. The second-order valence-electron chi connectivity index (χ2n) is 11.6. The maximum absolute atomic E-state index is 11.8. The van der Waals surface area contributed by atoms with Crippen LogP contribution in [0.4, 0.5) is 0 Å². The quantitative estimate of drug-likeness (QED) is 0.480. The van der Waals surface area contributed by atoms with Gasteiger partial charge in [0.1, 0.15) is 12.2 Å². The molecule has 4 nitrogen and oxygen atoms in total. The monoisotopic (exact) mass is 386 g/mol. The van der Waals surface area contributed by atoms with Crippen molar-refractivity contribution in [1.82, 2.24) is 0 Å². The molecule has 154 valence electrons. The van der Waals surface area contributed by atoms with Gasteiger partial charge in [0, 0.05) is 17.8 Å². The van der Waals surface area contributed by atoms with E-state index in [0.717, 1.165) is 38.5 Å². The van der Waals surface area contributed by atoms with Gasteiger partial charge in [-0.3, -0.25) is 0 Å². The minimum atomic E-state index is -0.960. The number of fused-ring (bicyclic) bond motifs is 10. The maximum atomic E-state index is 11.8. The Morgan fingerprint density at radius 2 is 1.64 bits per heavy atom. The van der Waals surface area contributed by atoms with Crippen LogP contribution in [0.25, 0.3) is 0 Å². The summed E-state index contributed by atoms with van der Waals surface area (Å²) >= 11 is 0. The fraction of sp³-hybridized carbons (Fsp3) is 0.917. The van der Waals surface area contributed by atoms with Crippen molar-refractivity contribution in [3.8, 4) is 11.8 Å². The van der Waals surface area contributed by atoms with Crippen LogP contribution < -0.4 is 0 Å². The molecule has 0 aromatic carbocycles. The van der Waals surface area contributed by atoms with Gasteiger partial charge in [0.25, 0.3) is 0 Å². The zero-order valence-corrected chi connectivity index (χ0v) is 17.1. The van der Waals surface area contributed by atoms with E-state index in [4.69, 9.17) is 0 Å². The van der Waals surface area contributed by atoms with Gasteiger partial charge in [0.2, 0.25) is 0 Å². The minimum Gasteiger partial charge on any atom is -0.393 e. The van der Waals surface area contributed by atoms with Crippen LogP contribution in [0.5, 0.6) is 0 Å². The molecule has 0 spiro atoms. The molecule has 0 aliphatic heterocycles. The molecular weight excluding hydrogens is 352 g/mol. The van der Waals surface area contributed by atoms with Crippen molar-refractivity contribution in [2.45, 2.75) is 76.1 Å². The highest BCUT2D eigenvalue weighted by molar-refractivity contribution is 5.36. The Balaban J connectivity index is 1.42. The average Bonchev–Trinajstić information content (AvgIpc) is 3.54. The third-order valence-electron chi connectivity index (χ3n) is 11.0. The summed E-state index contributed by atoms with van der Waals surface area (Å²) in [5.41, 5.74) is -1.98. The van der Waals surface area contributed by atoms with E-state index in [2.05, 4.69) is 25.7 Å². The molecule has 6 aliphatic rings. The first kappa shape index (κ1) is 18.2. The fourth-order valence-corrected chi connectivity index (χ4v) is 9.57. The third-order valence-corrected chi connectivity index (χ3v) is 11.0. The standard InChI is InChI=1S/C24H34O4/c1-21-7-4-13(26)12-24(21,28)17-10-14(17)19-16(21)5-8-22(2)20(19)15-11-18(15)23(22,27)6-3-9-25/h13-20,25-28H,4-5,7-12H2,1-2H3/t13-,14-,15?,16?,17+,18-,19?,20?,21+,22-,23-,24+/m0/s1. The van der Waals surface area contributed by atoms with E-state index in [0.29, 0.717) is 41.9 Å². The van der Waals surface area contributed by atoms with Crippen LogP contribution in [0.2, 0.25) is 0 Å². The Bertz CT molecular complexity index is 785. The number of hydrogen-bond donors (Lipinski definition) is 4. The molecule has 6 saturated carbocycles. The topological polar surface area (TPSA) is 80.9 Å². The Morgan fingerprint density at radius 1 is 0.929 bits per heavy atom. The largest absolute Gasteiger partial charge is 0.393 e. The van der Waals surface area contributed by atoms with Crippen LogP contribution in [-0.2, 0) is 0 Å². The Hall–Kier alpha value is -0.600. The summed E-state index contributed by atoms with van der Waals surface area (Å²) in [4.78, 5) is 0. The van der Waals surface area contributed by atoms with Gasteiger partial charge in [-0.15, -0.1) is 0 Å². The van der Waals surface area contributed by atoms with E-state index in [1.54, 1.807) is 0 Å². The van der Waals surface area contributed by atoms with Crippen molar-refractivity contribution < 1.29 is 20.4 Å². The van der Waals surface area contributed by atoms with E-state index in [9.17, 15) is 20.4 Å². The average molecular weight is 387 g/mol. The van der Waals surface area contributed by atoms with Gasteiger partial charge in [-0.2, -0.15) is 0 Å². The van der Waals surface area contributed by atoms with Crippen molar-refractivity contribution in [2.75, 3.05) is 6.61 Å². The van der Waals surface area contributed by atoms with Gasteiger partial charge in [0.05, 0.1) is 11.7 Å². The van der Waals surface area contributed by atoms with Crippen LogP contribution in [0.15, 0.2) is 0 Å². The second-order valence-corrected chi connectivity index (χ2v) is 11.6. The highest BCUT2D eigenvalue weighted by atomic mass is 16.3. The summed E-state index contributed by atoms with van der Waals surface area (Å²) in [5, 5.41) is 43.1. The van der Waals surface area contributed by atoms with Crippen molar-refractivity contribution in [2.24, 2.45) is 52.3 Å². The van der Waals surface area contributed by atoms with E-state index < -0.39 is 11.2 Å². The Labute approximate surface area is 167 Å². The Morgan fingerprint density at radius 3 is 2.39 bits per heavy atom. The molecule has 6 fully saturated rings. The van der Waals surface area contributed by atoms with Gasteiger partial charge in [-0.25, -0.2) is 0 Å². The molecule has 0 amide bonds. The molecule has 0 bridgehead atoms. The maximum Gasteiger partial charge on any atom is 0.134 e. The predicted octanol–water partition coefficient (Wildman–Crippen LogP) is 1.94. The molecule has 6 aliphatic carbocycles. The normalized spacial score (nSPS) is 65.6. The summed E-state index contributed by atoms with van der Waals surface area (Å²) < 4.78 is 0. The lowest BCUT2D eigenvalue weighted by Crippen LogP contribution is -2.65. The van der Waals surface area contributed by atoms with Crippen molar-refractivity contribution in [1.29, 1.82) is 0 Å². The van der Waals surface area contributed by atoms with Gasteiger partial charge >= 0.3 is 0 Å². The summed E-state index contributed by atoms with van der Waals surface area (Å²) in [6.45, 7) is 4.38. The van der Waals surface area contributed by atoms with Crippen LogP contribution in [0.3, 0.4) is 0 Å². The van der Waals surface area contributed by atoms with Crippen molar-refractivity contribution >= 4 is 0 Å². The molecule has 4 unspecified atom stereocenters. The van der Waals surface area contributed by atoms with Gasteiger partial charge in [-0.1, -0.05) is 25.7 Å². The van der Waals surface area contributed by atoms with Crippen molar-refractivity contribution in [3.05, 3.63) is 0 Å². The molecule has 4 heteroatoms. The Kier molecular flexibility index (Phi) is 3.36. The second kappa shape index (κ2) is 5.17. The van der Waals surface area contributed by atoms with Crippen LogP contribution in [0, 0.1) is 64.1 Å². The number of rotatable bonds is 0. The van der Waals surface area contributed by atoms with Gasteiger partial charge in [0.15, 0.2) is 0 Å². The van der Waals surface area contributed by atoms with Crippen LogP contribution in [0.1, 0.15) is 58.8 Å². The van der Waals surface area contributed by atoms with Crippen molar-refractivity contribution in [3.63, 3.8) is 0 Å². The lowest BCUT2D eigenvalue weighted by Gasteiger charge is -2.64. The first-order chi connectivity index (χ1) is 13.2. The highest BCUT2D eigenvalue weighted by Crippen LogP contribution is 2.81. The van der Waals surface area contributed by atoms with Gasteiger partial charge in [-0.05, 0) is 79.4 Å². The molecule has 4 N–H and O–H groups in total. The predicted molar refractivity (Wildman–Crippen MR) is 104 cm³/mol. The smallest absolute Gasteiger partial charge is 0.134 e. The molecule has 0 saturated heterocycles. The molecule has 0 heterocycles. The lowest BCUT2D eigenvalue weighted by molar-refractivity contribution is -0.233. The van der Waals surface area contributed by atoms with E-state index in [1.807, 2.05) is 0 Å². The molecule has 28 heavy (non-hydrogen) atoms. The number of aliphatic hydroxyl groups excluding tert-OH is 2. The summed E-state index contributed by atoms with van der Waals surface area (Å²) in [6, 6.07) is 0. The summed E-state index contributed by atoms with van der Waals surface area (Å²) in [5.74, 6) is 9.14. The summed E-state index contributed by atoms with van der Waals surface area (Å²) in [7, 11) is 0. The number of aliphatic hydroxyl groups is 4. The van der Waals surface area contributed by atoms with Crippen LogP contribution in [-0.4, -0.2) is 44.3 Å².